The summed E-state index contributed by atoms with van der Waals surface area (Å²) in [6.45, 7) is -0.139. The van der Waals surface area contributed by atoms with Gasteiger partial charge in [0.1, 0.15) is 11.6 Å². The molecule has 0 unspecified atom stereocenters. The standard InChI is InChI=1S/C21H24F2N2O3S/c22-17-8-6-16(7-9-17)14-24-21(26)15-25(19-4-2-1-3-5-19)29(27,28)20-12-10-18(23)11-13-20/h6-13,19H,1-5,14-15H2,(H,24,26). The van der Waals surface area contributed by atoms with E-state index in [1.54, 1.807) is 12.1 Å². The molecule has 0 bridgehead atoms. The van der Waals surface area contributed by atoms with Crippen molar-refractivity contribution in [2.24, 2.45) is 0 Å². The third-order valence-corrected chi connectivity index (χ3v) is 7.02. The van der Waals surface area contributed by atoms with Gasteiger partial charge in [0.15, 0.2) is 0 Å². The molecular formula is C21H24F2N2O3S. The van der Waals surface area contributed by atoms with Gasteiger partial charge in [-0.3, -0.25) is 4.79 Å². The Bertz CT molecular complexity index is 925. The minimum absolute atomic E-state index is 0.0317. The monoisotopic (exact) mass is 422 g/mol. The second kappa shape index (κ2) is 9.45. The lowest BCUT2D eigenvalue weighted by Gasteiger charge is -2.33. The van der Waals surface area contributed by atoms with Gasteiger partial charge in [0.05, 0.1) is 11.4 Å². The van der Waals surface area contributed by atoms with E-state index in [1.807, 2.05) is 0 Å². The van der Waals surface area contributed by atoms with Gasteiger partial charge in [-0.1, -0.05) is 31.4 Å². The van der Waals surface area contributed by atoms with Crippen LogP contribution in [-0.4, -0.2) is 31.2 Å². The van der Waals surface area contributed by atoms with Crippen molar-refractivity contribution in [2.75, 3.05) is 6.54 Å². The summed E-state index contributed by atoms with van der Waals surface area (Å²) in [4.78, 5) is 12.5. The minimum atomic E-state index is -3.94. The number of hydrogen-bond acceptors (Lipinski definition) is 3. The van der Waals surface area contributed by atoms with Crippen molar-refractivity contribution >= 4 is 15.9 Å². The molecule has 2 aromatic carbocycles. The molecule has 1 fully saturated rings. The van der Waals surface area contributed by atoms with Gasteiger partial charge < -0.3 is 5.32 Å². The van der Waals surface area contributed by atoms with Gasteiger partial charge in [0, 0.05) is 12.6 Å². The van der Waals surface area contributed by atoms with Crippen molar-refractivity contribution in [3.05, 3.63) is 65.7 Å². The highest BCUT2D eigenvalue weighted by Crippen LogP contribution is 2.27. The lowest BCUT2D eigenvalue weighted by Crippen LogP contribution is -2.46. The van der Waals surface area contributed by atoms with Gasteiger partial charge in [-0.05, 0) is 54.8 Å². The molecule has 2 aromatic rings. The molecule has 8 heteroatoms. The maximum absolute atomic E-state index is 13.2. The van der Waals surface area contributed by atoms with Gasteiger partial charge in [-0.25, -0.2) is 17.2 Å². The summed E-state index contributed by atoms with van der Waals surface area (Å²) in [7, 11) is -3.94. The molecule has 0 atom stereocenters. The van der Waals surface area contributed by atoms with E-state index in [-0.39, 0.29) is 29.8 Å². The molecule has 1 amide bonds. The summed E-state index contributed by atoms with van der Waals surface area (Å²) in [6.07, 6.45) is 4.21. The SMILES string of the molecule is O=C(CN(C1CCCCC1)S(=O)(=O)c1ccc(F)cc1)NCc1ccc(F)cc1. The van der Waals surface area contributed by atoms with Gasteiger partial charge in [0.2, 0.25) is 15.9 Å². The normalized spacial score (nSPS) is 15.4. The van der Waals surface area contributed by atoms with Crippen LogP contribution in [0.25, 0.3) is 0 Å². The zero-order valence-electron chi connectivity index (χ0n) is 16.0. The number of halogens is 2. The number of nitrogens with one attached hydrogen (secondary N) is 1. The fourth-order valence-electron chi connectivity index (χ4n) is 3.52. The van der Waals surface area contributed by atoms with Crippen LogP contribution in [0.15, 0.2) is 53.4 Å². The van der Waals surface area contributed by atoms with Gasteiger partial charge in [-0.2, -0.15) is 4.31 Å². The van der Waals surface area contributed by atoms with E-state index in [0.717, 1.165) is 31.4 Å². The van der Waals surface area contributed by atoms with Crippen LogP contribution in [0.5, 0.6) is 0 Å². The first kappa shape index (κ1) is 21.4. The lowest BCUT2D eigenvalue weighted by atomic mass is 9.95. The average molecular weight is 422 g/mol. The zero-order valence-corrected chi connectivity index (χ0v) is 16.8. The Balaban J connectivity index is 1.75. The molecule has 0 heterocycles. The second-order valence-corrected chi connectivity index (χ2v) is 9.09. The number of hydrogen-bond donors (Lipinski definition) is 1. The Labute approximate surface area is 169 Å². The van der Waals surface area contributed by atoms with E-state index in [4.69, 9.17) is 0 Å². The van der Waals surface area contributed by atoms with Crippen LogP contribution >= 0.6 is 0 Å². The fourth-order valence-corrected chi connectivity index (χ4v) is 5.16. The number of amides is 1. The third kappa shape index (κ3) is 5.61. The molecule has 0 saturated heterocycles. The number of carbonyl (C=O) groups is 1. The van der Waals surface area contributed by atoms with Crippen molar-refractivity contribution in [3.63, 3.8) is 0 Å². The molecule has 0 aliphatic heterocycles. The van der Waals surface area contributed by atoms with Crippen molar-refractivity contribution in [3.8, 4) is 0 Å². The highest BCUT2D eigenvalue weighted by atomic mass is 32.2. The van der Waals surface area contributed by atoms with Crippen LogP contribution in [-0.2, 0) is 21.4 Å². The third-order valence-electron chi connectivity index (χ3n) is 5.10. The van der Waals surface area contributed by atoms with Crippen molar-refractivity contribution in [2.45, 2.75) is 49.6 Å². The van der Waals surface area contributed by atoms with Gasteiger partial charge in [0.25, 0.3) is 0 Å². The molecule has 156 valence electrons. The Hall–Kier alpha value is -2.32. The van der Waals surface area contributed by atoms with Gasteiger partial charge >= 0.3 is 0 Å². The zero-order chi connectivity index (χ0) is 20.9. The van der Waals surface area contributed by atoms with E-state index < -0.39 is 21.7 Å². The molecule has 29 heavy (non-hydrogen) atoms. The minimum Gasteiger partial charge on any atom is -0.351 e. The number of rotatable bonds is 7. The Morgan fingerprint density at radius 2 is 1.48 bits per heavy atom. The van der Waals surface area contributed by atoms with Crippen LogP contribution in [0.3, 0.4) is 0 Å². The number of benzene rings is 2. The summed E-state index contributed by atoms with van der Waals surface area (Å²) in [6, 6.07) is 10.1. The number of nitrogens with zero attached hydrogens (tertiary/aromatic N) is 1. The number of carbonyl (C=O) groups excluding carboxylic acids is 1. The molecule has 1 N–H and O–H groups in total. The highest BCUT2D eigenvalue weighted by molar-refractivity contribution is 7.89. The molecule has 1 saturated carbocycles. The van der Waals surface area contributed by atoms with E-state index in [0.29, 0.717) is 18.4 Å². The summed E-state index contributed by atoms with van der Waals surface area (Å²) >= 11 is 0. The fraction of sp³-hybridized carbons (Fsp3) is 0.381. The summed E-state index contributed by atoms with van der Waals surface area (Å²) in [5.74, 6) is -1.33. The molecule has 3 rings (SSSR count). The van der Waals surface area contributed by atoms with Crippen molar-refractivity contribution in [1.82, 2.24) is 9.62 Å². The first-order chi connectivity index (χ1) is 13.9. The van der Waals surface area contributed by atoms with Crippen LogP contribution in [0.1, 0.15) is 37.7 Å². The van der Waals surface area contributed by atoms with Crippen LogP contribution in [0.2, 0.25) is 0 Å². The molecule has 1 aliphatic rings. The molecular weight excluding hydrogens is 398 g/mol. The van der Waals surface area contributed by atoms with Crippen LogP contribution in [0.4, 0.5) is 8.78 Å². The predicted octanol–water partition coefficient (Wildman–Crippen LogP) is 3.60. The van der Waals surface area contributed by atoms with E-state index in [1.165, 1.54) is 28.6 Å². The average Bonchev–Trinajstić information content (AvgIpc) is 2.72. The topological polar surface area (TPSA) is 66.5 Å². The lowest BCUT2D eigenvalue weighted by molar-refractivity contribution is -0.121. The predicted molar refractivity (Wildman–Crippen MR) is 105 cm³/mol. The smallest absolute Gasteiger partial charge is 0.243 e. The first-order valence-corrected chi connectivity index (χ1v) is 11.1. The van der Waals surface area contributed by atoms with E-state index in [2.05, 4.69) is 5.32 Å². The first-order valence-electron chi connectivity index (χ1n) is 9.65. The Morgan fingerprint density at radius 3 is 2.07 bits per heavy atom. The molecule has 1 aliphatic carbocycles. The Kier molecular flexibility index (Phi) is 6.97. The van der Waals surface area contributed by atoms with Crippen LogP contribution < -0.4 is 5.32 Å². The van der Waals surface area contributed by atoms with E-state index >= 15 is 0 Å². The Morgan fingerprint density at radius 1 is 0.931 bits per heavy atom. The quantitative estimate of drug-likeness (QED) is 0.741. The van der Waals surface area contributed by atoms with Crippen LogP contribution in [0, 0.1) is 11.6 Å². The van der Waals surface area contributed by atoms with Crippen molar-refractivity contribution < 1.29 is 22.0 Å². The summed E-state index contributed by atoms with van der Waals surface area (Å²) < 4.78 is 53.8. The summed E-state index contributed by atoms with van der Waals surface area (Å²) in [5.41, 5.74) is 0.713. The molecule has 5 nitrogen and oxygen atoms in total. The van der Waals surface area contributed by atoms with E-state index in [9.17, 15) is 22.0 Å². The molecule has 0 radical (unpaired) electrons. The summed E-state index contributed by atoms with van der Waals surface area (Å²) in [5, 5.41) is 2.69. The number of sulfonamides is 1. The molecule has 0 spiro atoms. The second-order valence-electron chi connectivity index (χ2n) is 7.20. The molecule has 0 aromatic heterocycles. The maximum atomic E-state index is 13.2. The highest BCUT2D eigenvalue weighted by Gasteiger charge is 2.33. The maximum Gasteiger partial charge on any atom is 0.243 e. The largest absolute Gasteiger partial charge is 0.351 e. The van der Waals surface area contributed by atoms with Crippen molar-refractivity contribution in [1.29, 1.82) is 0 Å². The van der Waals surface area contributed by atoms with Gasteiger partial charge in [-0.15, -0.1) is 0 Å².